The molecule has 0 aliphatic rings. The summed E-state index contributed by atoms with van der Waals surface area (Å²) in [6, 6.07) is 10.5. The first-order chi connectivity index (χ1) is 9.51. The van der Waals surface area contributed by atoms with Crippen molar-refractivity contribution in [1.82, 2.24) is 9.71 Å². The maximum atomic E-state index is 12.0. The molecule has 2 rings (SSSR count). The van der Waals surface area contributed by atoms with Crippen LogP contribution in [0.4, 0.5) is 0 Å². The first kappa shape index (κ1) is 14.6. The van der Waals surface area contributed by atoms with E-state index in [1.807, 2.05) is 31.2 Å². The van der Waals surface area contributed by atoms with E-state index in [9.17, 15) is 8.42 Å². The van der Waals surface area contributed by atoms with Gasteiger partial charge in [0.2, 0.25) is 0 Å². The maximum absolute atomic E-state index is 12.0. The lowest BCUT2D eigenvalue weighted by Gasteiger charge is -2.07. The van der Waals surface area contributed by atoms with Crippen molar-refractivity contribution < 1.29 is 13.5 Å². The quantitative estimate of drug-likeness (QED) is 0.872. The predicted octanol–water partition coefficient (Wildman–Crippen LogP) is 1.36. The summed E-state index contributed by atoms with van der Waals surface area (Å²) in [6.07, 6.45) is 1.35. The van der Waals surface area contributed by atoms with Crippen LogP contribution in [0, 0.1) is 6.92 Å². The fraction of sp³-hybridized carbons (Fsp3) is 0.214. The number of aliphatic hydroxyl groups excluding tert-OH is 1. The minimum Gasteiger partial charge on any atom is -0.392 e. The van der Waals surface area contributed by atoms with Crippen molar-refractivity contribution in [3.05, 3.63) is 59.3 Å². The van der Waals surface area contributed by atoms with Crippen LogP contribution in [0.15, 0.2) is 47.6 Å². The van der Waals surface area contributed by atoms with E-state index in [2.05, 4.69) is 9.71 Å². The lowest BCUT2D eigenvalue weighted by atomic mass is 10.2. The molecular weight excluding hydrogens is 276 g/mol. The number of sulfonamides is 1. The largest absolute Gasteiger partial charge is 0.392 e. The molecule has 0 atom stereocenters. The number of hydrogen-bond donors (Lipinski definition) is 2. The van der Waals surface area contributed by atoms with Gasteiger partial charge >= 0.3 is 0 Å². The number of rotatable bonds is 5. The van der Waals surface area contributed by atoms with Crippen molar-refractivity contribution in [2.75, 3.05) is 0 Å². The summed E-state index contributed by atoms with van der Waals surface area (Å²) in [7, 11) is -3.64. The number of nitrogens with zero attached hydrogens (tertiary/aromatic N) is 1. The topological polar surface area (TPSA) is 79.3 Å². The number of aliphatic hydroxyl groups is 1. The SMILES string of the molecule is Cc1ccc(CNS(=O)(=O)c2ccc(CO)cn2)cc1. The van der Waals surface area contributed by atoms with Gasteiger partial charge < -0.3 is 5.11 Å². The highest BCUT2D eigenvalue weighted by Crippen LogP contribution is 2.08. The van der Waals surface area contributed by atoms with Crippen molar-refractivity contribution in [1.29, 1.82) is 0 Å². The van der Waals surface area contributed by atoms with Crippen LogP contribution in [0.25, 0.3) is 0 Å². The molecule has 2 aromatic rings. The van der Waals surface area contributed by atoms with E-state index in [0.717, 1.165) is 11.1 Å². The minimum atomic E-state index is -3.64. The lowest BCUT2D eigenvalue weighted by Crippen LogP contribution is -2.24. The van der Waals surface area contributed by atoms with Gasteiger partial charge in [-0.25, -0.2) is 18.1 Å². The van der Waals surface area contributed by atoms with Gasteiger partial charge in [0.1, 0.15) is 0 Å². The van der Waals surface area contributed by atoms with Crippen LogP contribution >= 0.6 is 0 Å². The molecule has 106 valence electrons. The minimum absolute atomic E-state index is 0.0539. The standard InChI is InChI=1S/C14H16N2O3S/c1-11-2-4-12(5-3-11)9-16-20(18,19)14-7-6-13(10-17)8-15-14/h2-8,16-17H,9-10H2,1H3. The average molecular weight is 292 g/mol. The van der Waals surface area contributed by atoms with Gasteiger partial charge in [0.05, 0.1) is 6.61 Å². The van der Waals surface area contributed by atoms with Crippen LogP contribution < -0.4 is 4.72 Å². The van der Waals surface area contributed by atoms with Crippen LogP contribution in [0.1, 0.15) is 16.7 Å². The van der Waals surface area contributed by atoms with Crippen molar-refractivity contribution in [2.24, 2.45) is 0 Å². The number of hydrogen-bond acceptors (Lipinski definition) is 4. The first-order valence-electron chi connectivity index (χ1n) is 6.12. The Labute approximate surface area is 118 Å². The molecule has 20 heavy (non-hydrogen) atoms. The van der Waals surface area contributed by atoms with Crippen molar-refractivity contribution in [2.45, 2.75) is 25.1 Å². The Bertz CT molecular complexity index is 665. The van der Waals surface area contributed by atoms with Gasteiger partial charge in [0, 0.05) is 12.7 Å². The monoisotopic (exact) mass is 292 g/mol. The second-order valence-corrected chi connectivity index (χ2v) is 6.19. The zero-order valence-corrected chi connectivity index (χ0v) is 11.9. The molecular formula is C14H16N2O3S. The van der Waals surface area contributed by atoms with Crippen LogP contribution in [0.3, 0.4) is 0 Å². The Morgan fingerprint density at radius 1 is 1.10 bits per heavy atom. The van der Waals surface area contributed by atoms with E-state index in [1.54, 1.807) is 0 Å². The van der Waals surface area contributed by atoms with Crippen molar-refractivity contribution >= 4 is 10.0 Å². The van der Waals surface area contributed by atoms with Crippen LogP contribution in [0.5, 0.6) is 0 Å². The van der Waals surface area contributed by atoms with Gasteiger partial charge in [0.15, 0.2) is 5.03 Å². The molecule has 0 amide bonds. The Balaban J connectivity index is 2.08. The summed E-state index contributed by atoms with van der Waals surface area (Å²) in [4.78, 5) is 3.84. The van der Waals surface area contributed by atoms with Gasteiger partial charge in [-0.05, 0) is 24.1 Å². The second kappa shape index (κ2) is 6.13. The molecule has 0 saturated heterocycles. The zero-order chi connectivity index (χ0) is 14.6. The number of benzene rings is 1. The highest BCUT2D eigenvalue weighted by atomic mass is 32.2. The predicted molar refractivity (Wildman–Crippen MR) is 75.4 cm³/mol. The van der Waals surface area contributed by atoms with E-state index in [4.69, 9.17) is 5.11 Å². The van der Waals surface area contributed by atoms with E-state index >= 15 is 0 Å². The Morgan fingerprint density at radius 2 is 1.75 bits per heavy atom. The van der Waals surface area contributed by atoms with Crippen molar-refractivity contribution in [3.63, 3.8) is 0 Å². The molecule has 1 aromatic heterocycles. The molecule has 0 spiro atoms. The summed E-state index contributed by atoms with van der Waals surface area (Å²) in [5, 5.41) is 8.85. The molecule has 0 radical (unpaired) electrons. The number of nitrogens with one attached hydrogen (secondary N) is 1. The fourth-order valence-electron chi connectivity index (χ4n) is 1.62. The van der Waals surface area contributed by atoms with Gasteiger partial charge in [-0.1, -0.05) is 35.9 Å². The smallest absolute Gasteiger partial charge is 0.258 e. The number of aromatic nitrogens is 1. The summed E-state index contributed by atoms with van der Waals surface area (Å²) in [6.45, 7) is 2.02. The normalized spacial score (nSPS) is 11.5. The molecule has 0 fully saturated rings. The van der Waals surface area contributed by atoms with Gasteiger partial charge in [-0.2, -0.15) is 0 Å². The summed E-state index contributed by atoms with van der Waals surface area (Å²) in [5.74, 6) is 0. The Morgan fingerprint density at radius 3 is 2.30 bits per heavy atom. The fourth-order valence-corrected chi connectivity index (χ4v) is 2.56. The highest BCUT2D eigenvalue weighted by Gasteiger charge is 2.14. The molecule has 0 bridgehead atoms. The average Bonchev–Trinajstić information content (AvgIpc) is 2.47. The van der Waals surface area contributed by atoms with Crippen LogP contribution in [-0.4, -0.2) is 18.5 Å². The molecule has 0 unspecified atom stereocenters. The third-order valence-corrected chi connectivity index (χ3v) is 4.16. The van der Waals surface area contributed by atoms with E-state index in [1.165, 1.54) is 18.3 Å². The molecule has 1 aromatic carbocycles. The molecule has 5 nitrogen and oxygen atoms in total. The first-order valence-corrected chi connectivity index (χ1v) is 7.60. The molecule has 0 saturated carbocycles. The second-order valence-electron chi connectivity index (χ2n) is 4.47. The number of aryl methyl sites for hydroxylation is 1. The lowest BCUT2D eigenvalue weighted by molar-refractivity contribution is 0.281. The number of pyridine rings is 1. The molecule has 2 N–H and O–H groups in total. The molecule has 6 heteroatoms. The van der Waals surface area contributed by atoms with Crippen molar-refractivity contribution in [3.8, 4) is 0 Å². The Kier molecular flexibility index (Phi) is 4.49. The zero-order valence-electron chi connectivity index (χ0n) is 11.1. The van der Waals surface area contributed by atoms with E-state index in [-0.39, 0.29) is 18.2 Å². The van der Waals surface area contributed by atoms with Crippen LogP contribution in [-0.2, 0) is 23.2 Å². The third kappa shape index (κ3) is 3.63. The van der Waals surface area contributed by atoms with Gasteiger partial charge in [0.25, 0.3) is 10.0 Å². The Hall–Kier alpha value is -1.76. The summed E-state index contributed by atoms with van der Waals surface area (Å²) >= 11 is 0. The molecule has 1 heterocycles. The van der Waals surface area contributed by atoms with E-state index < -0.39 is 10.0 Å². The van der Waals surface area contributed by atoms with Gasteiger partial charge in [-0.3, -0.25) is 0 Å². The summed E-state index contributed by atoms with van der Waals surface area (Å²) in [5.41, 5.74) is 2.58. The highest BCUT2D eigenvalue weighted by molar-refractivity contribution is 7.89. The maximum Gasteiger partial charge on any atom is 0.258 e. The third-order valence-electron chi connectivity index (χ3n) is 2.84. The molecule has 0 aliphatic heterocycles. The van der Waals surface area contributed by atoms with E-state index in [0.29, 0.717) is 5.56 Å². The molecule has 0 aliphatic carbocycles. The van der Waals surface area contributed by atoms with Gasteiger partial charge in [-0.15, -0.1) is 0 Å². The summed E-state index contributed by atoms with van der Waals surface area (Å²) < 4.78 is 26.6. The van der Waals surface area contributed by atoms with Crippen LogP contribution in [0.2, 0.25) is 0 Å².